The Bertz CT molecular complexity index is 751. The molecular weight excluding hydrogens is 394 g/mol. The minimum Gasteiger partial charge on any atom is -0.335 e. The SMILES string of the molecule is CC(C)C(=O)Nc1ccc(NC(=O)N2CCC(NC(=O)NC3CCCCC3)CC2)cc1. The van der Waals surface area contributed by atoms with Gasteiger partial charge in [-0.1, -0.05) is 33.1 Å². The van der Waals surface area contributed by atoms with Crippen molar-refractivity contribution in [1.29, 1.82) is 0 Å². The summed E-state index contributed by atoms with van der Waals surface area (Å²) in [6.45, 7) is 4.88. The Balaban J connectivity index is 1.38. The molecule has 1 aliphatic carbocycles. The van der Waals surface area contributed by atoms with Gasteiger partial charge in [-0.05, 0) is 49.9 Å². The van der Waals surface area contributed by atoms with E-state index in [4.69, 9.17) is 0 Å². The zero-order chi connectivity index (χ0) is 22.2. The molecule has 0 radical (unpaired) electrons. The lowest BCUT2D eigenvalue weighted by molar-refractivity contribution is -0.118. The quantitative estimate of drug-likeness (QED) is 0.571. The lowest BCUT2D eigenvalue weighted by Gasteiger charge is -2.33. The monoisotopic (exact) mass is 429 g/mol. The summed E-state index contributed by atoms with van der Waals surface area (Å²) >= 11 is 0. The predicted octanol–water partition coefficient (Wildman–Crippen LogP) is 3.91. The topological polar surface area (TPSA) is 103 Å². The molecule has 170 valence electrons. The number of nitrogens with zero attached hydrogens (tertiary/aromatic N) is 1. The molecule has 5 amide bonds. The van der Waals surface area contributed by atoms with Crippen molar-refractivity contribution < 1.29 is 14.4 Å². The van der Waals surface area contributed by atoms with Gasteiger partial charge in [0.25, 0.3) is 0 Å². The Labute approximate surface area is 184 Å². The van der Waals surface area contributed by atoms with Gasteiger partial charge in [0.15, 0.2) is 0 Å². The third-order valence-corrected chi connectivity index (χ3v) is 5.99. The Morgan fingerprint density at radius 1 is 0.806 bits per heavy atom. The maximum Gasteiger partial charge on any atom is 0.321 e. The first-order chi connectivity index (χ1) is 14.9. The van der Waals surface area contributed by atoms with Crippen molar-refractivity contribution in [2.24, 2.45) is 5.92 Å². The van der Waals surface area contributed by atoms with Gasteiger partial charge >= 0.3 is 12.1 Å². The summed E-state index contributed by atoms with van der Waals surface area (Å²) in [4.78, 5) is 38.3. The number of rotatable bonds is 5. The number of anilines is 2. The summed E-state index contributed by atoms with van der Waals surface area (Å²) in [7, 11) is 0. The highest BCUT2D eigenvalue weighted by Crippen LogP contribution is 2.18. The first kappa shape index (κ1) is 22.9. The molecule has 8 nitrogen and oxygen atoms in total. The van der Waals surface area contributed by atoms with E-state index in [0.29, 0.717) is 30.5 Å². The number of likely N-dealkylation sites (tertiary alicyclic amines) is 1. The van der Waals surface area contributed by atoms with Gasteiger partial charge in [-0.25, -0.2) is 9.59 Å². The van der Waals surface area contributed by atoms with E-state index in [0.717, 1.165) is 25.7 Å². The molecule has 4 N–H and O–H groups in total. The molecule has 31 heavy (non-hydrogen) atoms. The van der Waals surface area contributed by atoms with E-state index in [2.05, 4.69) is 21.3 Å². The summed E-state index contributed by atoms with van der Waals surface area (Å²) in [6.07, 6.45) is 7.26. The van der Waals surface area contributed by atoms with Crippen molar-refractivity contribution in [1.82, 2.24) is 15.5 Å². The number of amides is 5. The fourth-order valence-corrected chi connectivity index (χ4v) is 4.01. The smallest absolute Gasteiger partial charge is 0.321 e. The molecule has 1 saturated heterocycles. The van der Waals surface area contributed by atoms with Crippen LogP contribution in [-0.2, 0) is 4.79 Å². The fraction of sp³-hybridized carbons (Fsp3) is 0.609. The summed E-state index contributed by atoms with van der Waals surface area (Å²) in [5, 5.41) is 11.9. The zero-order valence-electron chi connectivity index (χ0n) is 18.6. The van der Waals surface area contributed by atoms with Gasteiger partial charge in [0.1, 0.15) is 0 Å². The number of carbonyl (C=O) groups is 3. The third kappa shape index (κ3) is 7.15. The van der Waals surface area contributed by atoms with Crippen molar-refractivity contribution in [2.75, 3.05) is 23.7 Å². The second-order valence-corrected chi connectivity index (χ2v) is 8.87. The Kier molecular flexibility index (Phi) is 8.14. The fourth-order valence-electron chi connectivity index (χ4n) is 4.01. The van der Waals surface area contributed by atoms with Crippen molar-refractivity contribution in [3.05, 3.63) is 24.3 Å². The van der Waals surface area contributed by atoms with E-state index in [-0.39, 0.29) is 29.9 Å². The first-order valence-electron chi connectivity index (χ1n) is 11.4. The molecule has 1 aromatic carbocycles. The van der Waals surface area contributed by atoms with Crippen molar-refractivity contribution in [2.45, 2.75) is 70.9 Å². The summed E-state index contributed by atoms with van der Waals surface area (Å²) in [5.74, 6) is -0.129. The lowest BCUT2D eigenvalue weighted by atomic mass is 9.96. The molecule has 1 saturated carbocycles. The molecule has 1 aliphatic heterocycles. The average molecular weight is 430 g/mol. The van der Waals surface area contributed by atoms with E-state index in [1.165, 1.54) is 19.3 Å². The number of piperidine rings is 1. The second kappa shape index (κ2) is 11.0. The number of carbonyl (C=O) groups excluding carboxylic acids is 3. The van der Waals surface area contributed by atoms with Gasteiger partial charge in [-0.15, -0.1) is 0 Å². The van der Waals surface area contributed by atoms with E-state index < -0.39 is 0 Å². The normalized spacial score (nSPS) is 17.8. The molecule has 1 heterocycles. The summed E-state index contributed by atoms with van der Waals surface area (Å²) < 4.78 is 0. The van der Waals surface area contributed by atoms with E-state index in [1.807, 2.05) is 13.8 Å². The summed E-state index contributed by atoms with van der Waals surface area (Å²) in [6, 6.07) is 7.26. The van der Waals surface area contributed by atoms with Crippen LogP contribution in [0.5, 0.6) is 0 Å². The van der Waals surface area contributed by atoms with Crippen LogP contribution < -0.4 is 21.3 Å². The van der Waals surface area contributed by atoms with Crippen molar-refractivity contribution in [3.63, 3.8) is 0 Å². The highest BCUT2D eigenvalue weighted by molar-refractivity contribution is 5.93. The molecule has 0 bridgehead atoms. The molecule has 0 unspecified atom stereocenters. The predicted molar refractivity (Wildman–Crippen MR) is 122 cm³/mol. The number of benzene rings is 1. The highest BCUT2D eigenvalue weighted by atomic mass is 16.2. The third-order valence-electron chi connectivity index (χ3n) is 5.99. The molecular formula is C23H35N5O3. The van der Waals surface area contributed by atoms with Crippen LogP contribution in [0, 0.1) is 5.92 Å². The average Bonchev–Trinajstić information content (AvgIpc) is 2.76. The van der Waals surface area contributed by atoms with Gasteiger partial charge < -0.3 is 26.2 Å². The van der Waals surface area contributed by atoms with Crippen LogP contribution in [0.3, 0.4) is 0 Å². The number of hydrogen-bond acceptors (Lipinski definition) is 3. The number of hydrogen-bond donors (Lipinski definition) is 4. The minimum atomic E-state index is -0.149. The number of nitrogens with one attached hydrogen (secondary N) is 4. The maximum absolute atomic E-state index is 12.6. The molecule has 0 aromatic heterocycles. The standard InChI is InChI=1S/C23H35N5O3/c1-16(2)21(29)24-18-8-10-19(11-9-18)27-23(31)28-14-12-20(13-15-28)26-22(30)25-17-6-4-3-5-7-17/h8-11,16-17,20H,3-7,12-15H2,1-2H3,(H,24,29)(H,27,31)(H2,25,26,30). The van der Waals surface area contributed by atoms with Crippen LogP contribution >= 0.6 is 0 Å². The molecule has 8 heteroatoms. The van der Waals surface area contributed by atoms with Gasteiger partial charge in [-0.2, -0.15) is 0 Å². The van der Waals surface area contributed by atoms with E-state index >= 15 is 0 Å². The van der Waals surface area contributed by atoms with Crippen LogP contribution in [-0.4, -0.2) is 48.0 Å². The minimum absolute atomic E-state index is 0.0410. The molecule has 1 aromatic rings. The largest absolute Gasteiger partial charge is 0.335 e. The molecule has 0 spiro atoms. The van der Waals surface area contributed by atoms with E-state index in [1.54, 1.807) is 29.2 Å². The lowest BCUT2D eigenvalue weighted by Crippen LogP contribution is -2.51. The van der Waals surface area contributed by atoms with Gasteiger partial charge in [-0.3, -0.25) is 4.79 Å². The highest BCUT2D eigenvalue weighted by Gasteiger charge is 2.25. The summed E-state index contributed by atoms with van der Waals surface area (Å²) in [5.41, 5.74) is 1.38. The van der Waals surface area contributed by atoms with Gasteiger partial charge in [0.05, 0.1) is 0 Å². The van der Waals surface area contributed by atoms with Crippen LogP contribution in [0.4, 0.5) is 21.0 Å². The molecule has 3 rings (SSSR count). The molecule has 0 atom stereocenters. The molecule has 2 aliphatic rings. The second-order valence-electron chi connectivity index (χ2n) is 8.87. The molecule has 2 fully saturated rings. The maximum atomic E-state index is 12.6. The van der Waals surface area contributed by atoms with Crippen LogP contribution in [0.25, 0.3) is 0 Å². The van der Waals surface area contributed by atoms with Crippen molar-refractivity contribution >= 4 is 29.3 Å². The Hall–Kier alpha value is -2.77. The van der Waals surface area contributed by atoms with Crippen LogP contribution in [0.15, 0.2) is 24.3 Å². The first-order valence-corrected chi connectivity index (χ1v) is 11.4. The van der Waals surface area contributed by atoms with E-state index in [9.17, 15) is 14.4 Å². The number of urea groups is 2. The van der Waals surface area contributed by atoms with Gasteiger partial charge in [0.2, 0.25) is 5.91 Å². The Morgan fingerprint density at radius 3 is 1.87 bits per heavy atom. The van der Waals surface area contributed by atoms with Gasteiger partial charge in [0, 0.05) is 42.5 Å². The zero-order valence-corrected chi connectivity index (χ0v) is 18.6. The Morgan fingerprint density at radius 2 is 1.32 bits per heavy atom. The van der Waals surface area contributed by atoms with Crippen LogP contribution in [0.1, 0.15) is 58.8 Å². The van der Waals surface area contributed by atoms with Crippen LogP contribution in [0.2, 0.25) is 0 Å². The van der Waals surface area contributed by atoms with Crippen molar-refractivity contribution in [3.8, 4) is 0 Å².